The van der Waals surface area contributed by atoms with Crippen molar-refractivity contribution in [3.05, 3.63) is 44.4 Å². The van der Waals surface area contributed by atoms with Crippen molar-refractivity contribution < 1.29 is 18.4 Å². The molecule has 2 amide bonds. The molecule has 0 atom stereocenters. The van der Waals surface area contributed by atoms with Crippen molar-refractivity contribution in [1.29, 1.82) is 0 Å². The van der Waals surface area contributed by atoms with Crippen LogP contribution < -0.4 is 11.1 Å². The first-order chi connectivity index (χ1) is 16.5. The van der Waals surface area contributed by atoms with Gasteiger partial charge in [-0.05, 0) is 48.3 Å². The third-order valence-electron chi connectivity index (χ3n) is 5.54. The molecule has 0 bridgehead atoms. The van der Waals surface area contributed by atoms with Gasteiger partial charge < -0.3 is 11.1 Å². The van der Waals surface area contributed by atoms with E-state index in [4.69, 9.17) is 5.73 Å². The van der Waals surface area contributed by atoms with Gasteiger partial charge in [-0.3, -0.25) is 19.0 Å². The molecule has 0 fully saturated rings. The predicted octanol–water partition coefficient (Wildman–Crippen LogP) is 4.65. The molecule has 0 radical (unpaired) electrons. The number of hydrogen-bond donors (Lipinski definition) is 2. The number of alkyl halides is 2. The van der Waals surface area contributed by atoms with Gasteiger partial charge in [0.1, 0.15) is 15.4 Å². The highest BCUT2D eigenvalue weighted by Gasteiger charge is 2.26. The number of nitrogens with zero attached hydrogens (tertiary/aromatic N) is 5. The molecule has 13 heteroatoms. The highest BCUT2D eigenvalue weighted by Crippen LogP contribution is 2.43. The Morgan fingerprint density at radius 1 is 1.20 bits per heavy atom. The van der Waals surface area contributed by atoms with Crippen LogP contribution >= 0.6 is 27.3 Å². The second-order valence-corrected chi connectivity index (χ2v) is 9.85. The van der Waals surface area contributed by atoms with Crippen LogP contribution in [0.15, 0.2) is 16.7 Å². The highest BCUT2D eigenvalue weighted by atomic mass is 79.9. The Labute approximate surface area is 211 Å². The summed E-state index contributed by atoms with van der Waals surface area (Å²) in [5, 5.41) is 11.8. The zero-order valence-corrected chi connectivity index (χ0v) is 21.7. The van der Waals surface area contributed by atoms with Gasteiger partial charge in [0.15, 0.2) is 0 Å². The summed E-state index contributed by atoms with van der Waals surface area (Å²) < 4.78 is 31.4. The van der Waals surface area contributed by atoms with E-state index < -0.39 is 18.0 Å². The standard InChI is InChI=1S/C22H22BrF2N7O2S/c1-9-13(8-31(4)29-9)12-7-14(20(24)25)27-22-16(12)18(19(35-22)21(26)34)28-15(33)5-6-32-11(3)17(23)10(2)30-32/h7-8,20H,5-6H2,1-4H3,(H2,26,34)(H,28,33). The van der Waals surface area contributed by atoms with Crippen molar-refractivity contribution in [3.8, 4) is 11.1 Å². The topological polar surface area (TPSA) is 121 Å². The van der Waals surface area contributed by atoms with Crippen molar-refractivity contribution in [2.45, 2.75) is 40.2 Å². The third kappa shape index (κ3) is 4.69. The summed E-state index contributed by atoms with van der Waals surface area (Å²) >= 11 is 4.33. The van der Waals surface area contributed by atoms with Crippen LogP contribution in [0.5, 0.6) is 0 Å². The fourth-order valence-corrected chi connectivity index (χ4v) is 5.20. The zero-order valence-electron chi connectivity index (χ0n) is 19.3. The lowest BCUT2D eigenvalue weighted by atomic mass is 10.0. The number of hydrogen-bond acceptors (Lipinski definition) is 6. The van der Waals surface area contributed by atoms with Gasteiger partial charge in [0.05, 0.1) is 28.1 Å². The predicted molar refractivity (Wildman–Crippen MR) is 133 cm³/mol. The summed E-state index contributed by atoms with van der Waals surface area (Å²) in [5.74, 6) is -1.18. The van der Waals surface area contributed by atoms with E-state index in [1.54, 1.807) is 29.5 Å². The maximum Gasteiger partial charge on any atom is 0.280 e. The lowest BCUT2D eigenvalue weighted by Gasteiger charge is -2.11. The van der Waals surface area contributed by atoms with Gasteiger partial charge >= 0.3 is 0 Å². The average Bonchev–Trinajstić information content (AvgIpc) is 3.40. The molecule has 4 rings (SSSR count). The van der Waals surface area contributed by atoms with Crippen LogP contribution in [0.3, 0.4) is 0 Å². The molecule has 4 aromatic rings. The number of pyridine rings is 1. The summed E-state index contributed by atoms with van der Waals surface area (Å²) in [5.41, 5.74) is 8.55. The van der Waals surface area contributed by atoms with E-state index >= 15 is 0 Å². The number of thiophene rings is 1. The number of nitrogens with two attached hydrogens (primary N) is 1. The molecule has 0 saturated carbocycles. The molecule has 3 N–H and O–H groups in total. The molecule has 4 aromatic heterocycles. The first-order valence-electron chi connectivity index (χ1n) is 10.5. The number of primary amides is 1. The number of carbonyl (C=O) groups is 2. The minimum absolute atomic E-state index is 0.0314. The number of fused-ring (bicyclic) bond motifs is 1. The Morgan fingerprint density at radius 3 is 2.46 bits per heavy atom. The van der Waals surface area contributed by atoms with Crippen LogP contribution in [0, 0.1) is 20.8 Å². The number of nitrogens with one attached hydrogen (secondary N) is 1. The second kappa shape index (κ2) is 9.46. The Kier molecular flexibility index (Phi) is 6.73. The monoisotopic (exact) mass is 565 g/mol. The van der Waals surface area contributed by atoms with Gasteiger partial charge in [-0.2, -0.15) is 10.2 Å². The largest absolute Gasteiger partial charge is 0.365 e. The van der Waals surface area contributed by atoms with E-state index in [0.717, 1.165) is 27.2 Å². The Morgan fingerprint density at radius 2 is 1.91 bits per heavy atom. The molecule has 0 saturated heterocycles. The van der Waals surface area contributed by atoms with Crippen LogP contribution in [-0.4, -0.2) is 36.4 Å². The molecule has 0 spiro atoms. The third-order valence-corrected chi connectivity index (χ3v) is 7.79. The highest BCUT2D eigenvalue weighted by molar-refractivity contribution is 9.10. The average molecular weight is 566 g/mol. The summed E-state index contributed by atoms with van der Waals surface area (Å²) in [4.78, 5) is 29.4. The number of rotatable bonds is 7. The van der Waals surface area contributed by atoms with E-state index in [1.807, 2.05) is 13.8 Å². The molecule has 0 aliphatic heterocycles. The van der Waals surface area contributed by atoms with Gasteiger partial charge in [-0.1, -0.05) is 0 Å². The van der Waals surface area contributed by atoms with Gasteiger partial charge in [0.25, 0.3) is 12.3 Å². The zero-order chi connectivity index (χ0) is 25.6. The Balaban J connectivity index is 1.79. The SMILES string of the molecule is Cc1nn(C)cc1-c1cc(C(F)F)nc2sc(C(N)=O)c(NC(=O)CCn3nc(C)c(Br)c3C)c12. The van der Waals surface area contributed by atoms with E-state index in [1.165, 1.54) is 6.07 Å². The van der Waals surface area contributed by atoms with Crippen molar-refractivity contribution in [2.75, 3.05) is 5.32 Å². The maximum absolute atomic E-state index is 13.6. The summed E-state index contributed by atoms with van der Waals surface area (Å²) in [6.07, 6.45) is -1.08. The lowest BCUT2D eigenvalue weighted by Crippen LogP contribution is -2.18. The summed E-state index contributed by atoms with van der Waals surface area (Å²) in [6, 6.07) is 1.26. The number of aryl methyl sites for hydroxylation is 4. The quantitative estimate of drug-likeness (QED) is 0.338. The Hall–Kier alpha value is -3.19. The smallest absolute Gasteiger partial charge is 0.280 e. The van der Waals surface area contributed by atoms with Crippen molar-refractivity contribution in [2.24, 2.45) is 12.8 Å². The van der Waals surface area contributed by atoms with E-state index in [0.29, 0.717) is 28.8 Å². The summed E-state index contributed by atoms with van der Waals surface area (Å²) in [7, 11) is 1.71. The first-order valence-corrected chi connectivity index (χ1v) is 12.1. The van der Waals surface area contributed by atoms with Gasteiger partial charge in [-0.25, -0.2) is 13.8 Å². The summed E-state index contributed by atoms with van der Waals surface area (Å²) in [6.45, 7) is 5.79. The number of halogens is 3. The number of carbonyl (C=O) groups excluding carboxylic acids is 2. The number of anilines is 1. The second-order valence-electron chi connectivity index (χ2n) is 8.05. The van der Waals surface area contributed by atoms with Crippen LogP contribution in [0.2, 0.25) is 0 Å². The maximum atomic E-state index is 13.6. The minimum atomic E-state index is -2.83. The number of aromatic nitrogens is 5. The molecular weight excluding hydrogens is 544 g/mol. The molecule has 0 aromatic carbocycles. The van der Waals surface area contributed by atoms with Crippen molar-refractivity contribution in [3.63, 3.8) is 0 Å². The molecule has 0 aliphatic carbocycles. The molecule has 0 aliphatic rings. The molecule has 184 valence electrons. The Bertz CT molecular complexity index is 1470. The molecular formula is C22H22BrF2N7O2S. The molecule has 35 heavy (non-hydrogen) atoms. The number of amides is 2. The van der Waals surface area contributed by atoms with Crippen LogP contribution in [0.25, 0.3) is 21.3 Å². The van der Waals surface area contributed by atoms with Gasteiger partial charge in [0.2, 0.25) is 5.91 Å². The normalized spacial score (nSPS) is 11.5. The van der Waals surface area contributed by atoms with E-state index in [9.17, 15) is 18.4 Å². The minimum Gasteiger partial charge on any atom is -0.365 e. The molecule has 0 unspecified atom stereocenters. The lowest BCUT2D eigenvalue weighted by molar-refractivity contribution is -0.116. The first kappa shape index (κ1) is 24.9. The fraction of sp³-hybridized carbons (Fsp3) is 0.318. The van der Waals surface area contributed by atoms with Crippen LogP contribution in [0.1, 0.15) is 45.3 Å². The van der Waals surface area contributed by atoms with Gasteiger partial charge in [-0.15, -0.1) is 11.3 Å². The fourth-order valence-electron chi connectivity index (χ4n) is 3.90. The van der Waals surface area contributed by atoms with E-state index in [-0.39, 0.29) is 27.7 Å². The van der Waals surface area contributed by atoms with Crippen molar-refractivity contribution in [1.82, 2.24) is 24.5 Å². The van der Waals surface area contributed by atoms with Crippen molar-refractivity contribution >= 4 is 55.0 Å². The molecule has 4 heterocycles. The molecule has 9 nitrogen and oxygen atoms in total. The van der Waals surface area contributed by atoms with E-state index in [2.05, 4.69) is 36.4 Å². The van der Waals surface area contributed by atoms with Crippen LogP contribution in [-0.2, 0) is 18.4 Å². The van der Waals surface area contributed by atoms with Crippen LogP contribution in [0.4, 0.5) is 14.5 Å². The van der Waals surface area contributed by atoms with Gasteiger partial charge in [0, 0.05) is 36.3 Å².